The lowest BCUT2D eigenvalue weighted by Gasteiger charge is -2.10. The molecule has 0 amide bonds. The van der Waals surface area contributed by atoms with E-state index in [0.29, 0.717) is 0 Å². The van der Waals surface area contributed by atoms with E-state index in [1.54, 1.807) is 0 Å². The molecule has 4 rings (SSSR count). The summed E-state index contributed by atoms with van der Waals surface area (Å²) in [6.07, 6.45) is -4.32. The molecule has 114 valence electrons. The van der Waals surface area contributed by atoms with Gasteiger partial charge in [-0.2, -0.15) is 13.2 Å². The molecule has 0 nitrogen and oxygen atoms in total. The summed E-state index contributed by atoms with van der Waals surface area (Å²) in [5.41, 5.74) is 3.20. The van der Waals surface area contributed by atoms with Crippen LogP contribution in [0.4, 0.5) is 13.2 Å². The Morgan fingerprint density at radius 3 is 1.96 bits per heavy atom. The summed E-state index contributed by atoms with van der Waals surface area (Å²) in [5.74, 6) is 0. The van der Waals surface area contributed by atoms with E-state index in [9.17, 15) is 13.2 Å². The van der Waals surface area contributed by atoms with Gasteiger partial charge in [0.15, 0.2) is 0 Å². The molecule has 0 atom stereocenters. The molecular weight excluding hydrogens is 365 g/mol. The lowest BCUT2D eigenvalue weighted by Crippen LogP contribution is -2.04. The molecule has 0 N–H and O–H groups in total. The van der Waals surface area contributed by atoms with Crippen molar-refractivity contribution in [2.45, 2.75) is 6.18 Å². The molecule has 23 heavy (non-hydrogen) atoms. The minimum Gasteiger partial charge on any atom is -0.166 e. The fraction of sp³-hybridized carbons (Fsp3) is 0.0526. The van der Waals surface area contributed by atoms with Crippen LogP contribution in [0.2, 0.25) is 0 Å². The number of rotatable bonds is 1. The summed E-state index contributed by atoms with van der Waals surface area (Å²) in [5, 5.41) is 2.26. The van der Waals surface area contributed by atoms with Crippen molar-refractivity contribution < 1.29 is 13.2 Å². The van der Waals surface area contributed by atoms with Crippen molar-refractivity contribution in [3.05, 3.63) is 82.9 Å². The van der Waals surface area contributed by atoms with Crippen LogP contribution in [0, 0.1) is 0 Å². The smallest absolute Gasteiger partial charge is 0.166 e. The average molecular weight is 375 g/mol. The molecule has 0 heterocycles. The van der Waals surface area contributed by atoms with Crippen molar-refractivity contribution in [1.82, 2.24) is 0 Å². The van der Waals surface area contributed by atoms with Gasteiger partial charge in [-0.1, -0.05) is 48.5 Å². The fourth-order valence-electron chi connectivity index (χ4n) is 3.09. The molecule has 0 aromatic heterocycles. The van der Waals surface area contributed by atoms with E-state index in [1.165, 1.54) is 12.1 Å². The first kappa shape index (κ1) is 14.5. The Balaban J connectivity index is 1.91. The topological polar surface area (TPSA) is 0 Å². The van der Waals surface area contributed by atoms with E-state index >= 15 is 0 Å². The first-order valence-corrected chi connectivity index (χ1v) is 7.86. The molecule has 4 heteroatoms. The van der Waals surface area contributed by atoms with E-state index in [2.05, 4.69) is 15.9 Å². The van der Waals surface area contributed by atoms with Crippen LogP contribution in [0.1, 0.15) is 22.3 Å². The highest BCUT2D eigenvalue weighted by Gasteiger charge is 2.30. The second-order valence-electron chi connectivity index (χ2n) is 5.47. The highest BCUT2D eigenvalue weighted by atomic mass is 79.9. The Morgan fingerprint density at radius 1 is 0.739 bits per heavy atom. The summed E-state index contributed by atoms with van der Waals surface area (Å²) < 4.78 is 39.2. The summed E-state index contributed by atoms with van der Waals surface area (Å²) >= 11 is 3.63. The Bertz CT molecular complexity index is 945. The second-order valence-corrected chi connectivity index (χ2v) is 6.27. The summed E-state index contributed by atoms with van der Waals surface area (Å²) in [6, 6.07) is 17.4. The monoisotopic (exact) mass is 374 g/mol. The van der Waals surface area contributed by atoms with Gasteiger partial charge in [-0.3, -0.25) is 0 Å². The first-order chi connectivity index (χ1) is 11.0. The maximum absolute atomic E-state index is 12.8. The predicted octanol–water partition coefficient (Wildman–Crippen LogP) is 6.48. The van der Waals surface area contributed by atoms with Gasteiger partial charge in [-0.15, -0.1) is 0 Å². The van der Waals surface area contributed by atoms with Crippen LogP contribution in [0.15, 0.2) is 60.7 Å². The van der Waals surface area contributed by atoms with Gasteiger partial charge < -0.3 is 0 Å². The zero-order valence-electron chi connectivity index (χ0n) is 11.8. The van der Waals surface area contributed by atoms with Crippen molar-refractivity contribution in [2.75, 3.05) is 0 Å². The van der Waals surface area contributed by atoms with Crippen LogP contribution in [0.3, 0.4) is 0 Å². The Kier molecular flexibility index (Phi) is 3.13. The summed E-state index contributed by atoms with van der Waals surface area (Å²) in [4.78, 5) is 0. The molecule has 1 aliphatic carbocycles. The van der Waals surface area contributed by atoms with Crippen LogP contribution in [0.25, 0.3) is 20.8 Å². The van der Waals surface area contributed by atoms with E-state index in [4.69, 9.17) is 0 Å². The minimum atomic E-state index is -4.32. The molecule has 0 aliphatic heterocycles. The molecule has 0 saturated carbocycles. The average Bonchev–Trinajstić information content (AvgIpc) is 2.82. The first-order valence-electron chi connectivity index (χ1n) is 7.07. The lowest BCUT2D eigenvalue weighted by atomic mass is 9.97. The van der Waals surface area contributed by atoms with E-state index in [0.717, 1.165) is 49.7 Å². The Hall–Kier alpha value is -2.07. The molecule has 3 aromatic rings. The van der Waals surface area contributed by atoms with E-state index in [-0.39, 0.29) is 0 Å². The molecule has 0 radical (unpaired) electrons. The molecule has 3 aromatic carbocycles. The number of alkyl halides is 3. The highest BCUT2D eigenvalue weighted by Crippen LogP contribution is 2.47. The normalized spacial score (nSPS) is 13.9. The zero-order valence-corrected chi connectivity index (χ0v) is 13.4. The quantitative estimate of drug-likeness (QED) is 0.457. The number of halogens is 4. The van der Waals surface area contributed by atoms with E-state index in [1.807, 2.05) is 36.4 Å². The third-order valence-electron chi connectivity index (χ3n) is 4.13. The molecule has 0 saturated heterocycles. The maximum Gasteiger partial charge on any atom is 0.416 e. The van der Waals surface area contributed by atoms with Gasteiger partial charge in [0.05, 0.1) is 5.56 Å². The molecular formula is C19H10BrF3. The largest absolute Gasteiger partial charge is 0.416 e. The van der Waals surface area contributed by atoms with Crippen LogP contribution in [0.5, 0.6) is 0 Å². The lowest BCUT2D eigenvalue weighted by molar-refractivity contribution is -0.137. The fourth-order valence-corrected chi connectivity index (χ4v) is 3.87. The molecule has 1 aliphatic rings. The van der Waals surface area contributed by atoms with Crippen molar-refractivity contribution in [3.63, 3.8) is 0 Å². The number of hydrogen-bond acceptors (Lipinski definition) is 0. The van der Waals surface area contributed by atoms with Gasteiger partial charge in [0, 0.05) is 10.1 Å². The number of hydrogen-bond donors (Lipinski definition) is 0. The van der Waals surface area contributed by atoms with Crippen LogP contribution in [-0.4, -0.2) is 0 Å². The Labute approximate surface area is 139 Å². The van der Waals surface area contributed by atoms with Crippen molar-refractivity contribution in [1.29, 1.82) is 0 Å². The van der Waals surface area contributed by atoms with Crippen molar-refractivity contribution >= 4 is 36.8 Å². The van der Waals surface area contributed by atoms with E-state index < -0.39 is 11.7 Å². The Morgan fingerprint density at radius 2 is 1.35 bits per heavy atom. The highest BCUT2D eigenvalue weighted by molar-refractivity contribution is 9.15. The SMILES string of the molecule is FC(F)(F)c1ccc(C2=C(Br)c3cccc4cccc2c34)cc1. The van der Waals surface area contributed by atoms with Gasteiger partial charge in [-0.05, 0) is 55.5 Å². The molecule has 0 bridgehead atoms. The minimum absolute atomic E-state index is 0.633. The summed E-state index contributed by atoms with van der Waals surface area (Å²) in [6.45, 7) is 0. The number of benzene rings is 3. The van der Waals surface area contributed by atoms with Crippen LogP contribution in [-0.2, 0) is 6.18 Å². The molecule has 0 unspecified atom stereocenters. The summed E-state index contributed by atoms with van der Waals surface area (Å²) in [7, 11) is 0. The zero-order chi connectivity index (χ0) is 16.2. The second kappa shape index (κ2) is 4.96. The van der Waals surface area contributed by atoms with Gasteiger partial charge in [-0.25, -0.2) is 0 Å². The van der Waals surface area contributed by atoms with Gasteiger partial charge in [0.1, 0.15) is 0 Å². The maximum atomic E-state index is 12.8. The third kappa shape index (κ3) is 2.20. The standard InChI is InChI=1S/C19H10BrF3/c20-18-15-6-2-4-11-3-1-5-14(16(11)15)17(18)12-7-9-13(10-8-12)19(21,22)23/h1-10H. The van der Waals surface area contributed by atoms with Crippen LogP contribution < -0.4 is 0 Å². The van der Waals surface area contributed by atoms with Crippen molar-refractivity contribution in [3.8, 4) is 0 Å². The van der Waals surface area contributed by atoms with Gasteiger partial charge in [0.25, 0.3) is 0 Å². The van der Waals surface area contributed by atoms with Gasteiger partial charge in [0.2, 0.25) is 0 Å². The molecule has 0 spiro atoms. The van der Waals surface area contributed by atoms with Crippen LogP contribution >= 0.6 is 15.9 Å². The van der Waals surface area contributed by atoms with Gasteiger partial charge >= 0.3 is 6.18 Å². The molecule has 0 fully saturated rings. The predicted molar refractivity (Wildman–Crippen MR) is 90.2 cm³/mol. The van der Waals surface area contributed by atoms with Crippen molar-refractivity contribution in [2.24, 2.45) is 0 Å². The third-order valence-corrected chi connectivity index (χ3v) is 4.95.